The van der Waals surface area contributed by atoms with Crippen LogP contribution < -0.4 is 5.43 Å². The van der Waals surface area contributed by atoms with Gasteiger partial charge >= 0.3 is 0 Å². The zero-order valence-corrected chi connectivity index (χ0v) is 12.2. The molecule has 1 aliphatic carbocycles. The van der Waals surface area contributed by atoms with Crippen molar-refractivity contribution in [3.63, 3.8) is 0 Å². The van der Waals surface area contributed by atoms with Crippen LogP contribution in [0.3, 0.4) is 0 Å². The molecule has 1 aromatic heterocycles. The Morgan fingerprint density at radius 1 is 1.50 bits per heavy atom. The van der Waals surface area contributed by atoms with E-state index in [-0.39, 0.29) is 5.75 Å². The van der Waals surface area contributed by atoms with Crippen LogP contribution in [0.25, 0.3) is 0 Å². The van der Waals surface area contributed by atoms with E-state index in [2.05, 4.69) is 22.4 Å². The predicted octanol–water partition coefficient (Wildman–Crippen LogP) is 3.42. The number of hydrazone groups is 1. The monoisotopic (exact) mass is 287 g/mol. The lowest BCUT2D eigenvalue weighted by Gasteiger charge is -2.15. The second-order valence-corrected chi connectivity index (χ2v) is 6.29. The van der Waals surface area contributed by atoms with Crippen LogP contribution in [0.2, 0.25) is 0 Å². The molecule has 0 saturated heterocycles. The fourth-order valence-electron chi connectivity index (χ4n) is 2.35. The highest BCUT2D eigenvalue weighted by Gasteiger charge is 2.19. The second kappa shape index (κ2) is 5.63. The van der Waals surface area contributed by atoms with Crippen LogP contribution in [-0.2, 0) is 12.8 Å². The first-order valence-electron chi connectivity index (χ1n) is 6.77. The molecule has 0 radical (unpaired) electrons. The Balaban J connectivity index is 1.67. The Labute approximate surface area is 122 Å². The summed E-state index contributed by atoms with van der Waals surface area (Å²) >= 11 is 1.69. The first-order valence-corrected chi connectivity index (χ1v) is 7.59. The number of fused-ring (bicyclic) bond motifs is 1. The van der Waals surface area contributed by atoms with Crippen molar-refractivity contribution in [2.24, 2.45) is 11.0 Å². The Kier molecular flexibility index (Phi) is 3.69. The molecule has 4 nitrogen and oxygen atoms in total. The van der Waals surface area contributed by atoms with Gasteiger partial charge in [0, 0.05) is 4.88 Å². The van der Waals surface area contributed by atoms with E-state index in [9.17, 15) is 5.11 Å². The summed E-state index contributed by atoms with van der Waals surface area (Å²) in [6.45, 7) is 2.29. The molecular weight excluding hydrogens is 270 g/mol. The number of hydrogen-bond acceptors (Lipinski definition) is 5. The van der Waals surface area contributed by atoms with Gasteiger partial charge in [0.1, 0.15) is 5.75 Å². The quantitative estimate of drug-likeness (QED) is 0.672. The smallest absolute Gasteiger partial charge is 0.203 e. The number of benzene rings is 1. The van der Waals surface area contributed by atoms with Crippen molar-refractivity contribution >= 4 is 22.7 Å². The molecule has 1 aromatic carbocycles. The number of hydrogen-bond donors (Lipinski definition) is 2. The van der Waals surface area contributed by atoms with E-state index in [1.165, 1.54) is 17.0 Å². The number of aromatic hydroxyl groups is 1. The molecule has 104 valence electrons. The van der Waals surface area contributed by atoms with Gasteiger partial charge in [-0.15, -0.1) is 11.3 Å². The Morgan fingerprint density at radius 3 is 3.25 bits per heavy atom. The normalized spacial score (nSPS) is 18.1. The maximum absolute atomic E-state index is 9.37. The number of aromatic nitrogens is 1. The topological polar surface area (TPSA) is 57.5 Å². The number of thiazole rings is 1. The van der Waals surface area contributed by atoms with Gasteiger partial charge in [0.05, 0.1) is 11.9 Å². The summed E-state index contributed by atoms with van der Waals surface area (Å²) in [6, 6.07) is 6.99. The van der Waals surface area contributed by atoms with Gasteiger partial charge in [0.2, 0.25) is 5.13 Å². The highest BCUT2D eigenvalue weighted by molar-refractivity contribution is 7.15. The number of phenols is 1. The molecule has 0 amide bonds. The molecule has 0 saturated carbocycles. The molecule has 0 aliphatic heterocycles. The van der Waals surface area contributed by atoms with E-state index in [4.69, 9.17) is 0 Å². The van der Waals surface area contributed by atoms with Gasteiger partial charge in [-0.25, -0.2) is 4.98 Å². The summed E-state index contributed by atoms with van der Waals surface area (Å²) in [4.78, 5) is 5.97. The van der Waals surface area contributed by atoms with Gasteiger partial charge in [-0.2, -0.15) is 5.10 Å². The van der Waals surface area contributed by atoms with E-state index >= 15 is 0 Å². The minimum Gasteiger partial charge on any atom is -0.508 e. The number of aryl methyl sites for hydroxylation is 1. The Bertz CT molecular complexity index is 636. The van der Waals surface area contributed by atoms with Crippen LogP contribution in [0.1, 0.15) is 29.5 Å². The minimum absolute atomic E-state index is 0.243. The highest BCUT2D eigenvalue weighted by Crippen LogP contribution is 2.31. The van der Waals surface area contributed by atoms with Crippen molar-refractivity contribution in [3.05, 3.63) is 40.4 Å². The highest BCUT2D eigenvalue weighted by atomic mass is 32.1. The SMILES string of the molecule is CC1CCc2nc(N/N=C\c3cccc(O)c3)sc2C1. The van der Waals surface area contributed by atoms with Crippen LogP contribution in [0.15, 0.2) is 29.4 Å². The van der Waals surface area contributed by atoms with Gasteiger partial charge in [0.25, 0.3) is 0 Å². The molecule has 1 heterocycles. The van der Waals surface area contributed by atoms with Crippen LogP contribution >= 0.6 is 11.3 Å². The number of phenolic OH excluding ortho intramolecular Hbond substituents is 1. The maximum atomic E-state index is 9.37. The lowest BCUT2D eigenvalue weighted by molar-refractivity contribution is 0.475. The molecule has 1 atom stereocenters. The van der Waals surface area contributed by atoms with Gasteiger partial charge < -0.3 is 5.11 Å². The summed E-state index contributed by atoms with van der Waals surface area (Å²) in [6.07, 6.45) is 5.11. The fraction of sp³-hybridized carbons (Fsp3) is 0.333. The average Bonchev–Trinajstić information content (AvgIpc) is 2.80. The maximum Gasteiger partial charge on any atom is 0.203 e. The molecule has 1 unspecified atom stereocenters. The van der Waals surface area contributed by atoms with Gasteiger partial charge in [0.15, 0.2) is 0 Å². The van der Waals surface area contributed by atoms with Crippen molar-refractivity contribution in [1.29, 1.82) is 0 Å². The predicted molar refractivity (Wildman–Crippen MR) is 82.6 cm³/mol. The van der Waals surface area contributed by atoms with E-state index < -0.39 is 0 Å². The molecule has 3 rings (SSSR count). The Morgan fingerprint density at radius 2 is 2.40 bits per heavy atom. The van der Waals surface area contributed by atoms with Crippen molar-refractivity contribution in [3.8, 4) is 5.75 Å². The number of nitrogens with zero attached hydrogens (tertiary/aromatic N) is 2. The largest absolute Gasteiger partial charge is 0.508 e. The first-order chi connectivity index (χ1) is 9.70. The van der Waals surface area contributed by atoms with Crippen molar-refractivity contribution in [2.75, 3.05) is 5.43 Å². The van der Waals surface area contributed by atoms with Crippen LogP contribution in [0, 0.1) is 5.92 Å². The third-order valence-electron chi connectivity index (χ3n) is 3.43. The molecule has 2 N–H and O–H groups in total. The van der Waals surface area contributed by atoms with E-state index in [1.807, 2.05) is 6.07 Å². The lowest BCUT2D eigenvalue weighted by Crippen LogP contribution is -2.09. The fourth-order valence-corrected chi connectivity index (χ4v) is 3.48. The lowest BCUT2D eigenvalue weighted by atomic mass is 9.93. The third-order valence-corrected chi connectivity index (χ3v) is 4.45. The molecule has 20 heavy (non-hydrogen) atoms. The van der Waals surface area contributed by atoms with Gasteiger partial charge in [-0.3, -0.25) is 5.43 Å². The summed E-state index contributed by atoms with van der Waals surface area (Å²) in [7, 11) is 0. The number of rotatable bonds is 3. The molecular formula is C15H17N3OS. The Hall–Kier alpha value is -1.88. The second-order valence-electron chi connectivity index (χ2n) is 5.20. The van der Waals surface area contributed by atoms with Gasteiger partial charge in [-0.05, 0) is 42.9 Å². The summed E-state index contributed by atoms with van der Waals surface area (Å²) < 4.78 is 0. The number of nitrogens with one attached hydrogen (secondary N) is 1. The zero-order valence-electron chi connectivity index (χ0n) is 11.3. The summed E-state index contributed by atoms with van der Waals surface area (Å²) in [5, 5.41) is 14.4. The van der Waals surface area contributed by atoms with Crippen LogP contribution in [0.5, 0.6) is 5.75 Å². The molecule has 0 spiro atoms. The summed E-state index contributed by atoms with van der Waals surface area (Å²) in [5.41, 5.74) is 5.06. The molecule has 1 aliphatic rings. The van der Waals surface area contributed by atoms with E-state index in [1.54, 1.807) is 35.8 Å². The molecule has 0 fully saturated rings. The molecule has 0 bridgehead atoms. The van der Waals surface area contributed by atoms with Gasteiger partial charge in [-0.1, -0.05) is 19.1 Å². The van der Waals surface area contributed by atoms with Crippen molar-refractivity contribution in [2.45, 2.75) is 26.2 Å². The summed E-state index contributed by atoms with van der Waals surface area (Å²) in [5.74, 6) is 0.999. The molecule has 5 heteroatoms. The van der Waals surface area contributed by atoms with E-state index in [0.29, 0.717) is 0 Å². The first kappa shape index (κ1) is 13.1. The third kappa shape index (κ3) is 2.99. The molecule has 2 aromatic rings. The van der Waals surface area contributed by atoms with E-state index in [0.717, 1.165) is 29.5 Å². The average molecular weight is 287 g/mol. The van der Waals surface area contributed by atoms with Crippen molar-refractivity contribution < 1.29 is 5.11 Å². The van der Waals surface area contributed by atoms with Crippen molar-refractivity contribution in [1.82, 2.24) is 4.98 Å². The minimum atomic E-state index is 0.243. The van der Waals surface area contributed by atoms with Crippen LogP contribution in [-0.4, -0.2) is 16.3 Å². The number of anilines is 1. The standard InChI is InChI=1S/C15H17N3OS/c1-10-5-6-13-14(7-10)20-15(17-13)18-16-9-11-3-2-4-12(19)8-11/h2-4,8-10,19H,5-7H2,1H3,(H,17,18)/b16-9-. The van der Waals surface area contributed by atoms with Crippen LogP contribution in [0.4, 0.5) is 5.13 Å². The zero-order chi connectivity index (χ0) is 13.9.